The maximum atomic E-state index is 12.4. The van der Waals surface area contributed by atoms with Crippen LogP contribution in [0.4, 0.5) is 0 Å². The number of aryl methyl sites for hydroxylation is 1. The fraction of sp³-hybridized carbons (Fsp3) is 0.385. The van der Waals surface area contributed by atoms with Gasteiger partial charge in [-0.2, -0.15) is 0 Å². The summed E-state index contributed by atoms with van der Waals surface area (Å²) in [7, 11) is 0. The van der Waals surface area contributed by atoms with Crippen LogP contribution in [0.25, 0.3) is 0 Å². The SMILES string of the molecule is Cc1cc(Br)cc(C(=O)N2CCNCC2C(=O)O)c1. The highest BCUT2D eigenvalue weighted by molar-refractivity contribution is 9.10. The van der Waals surface area contributed by atoms with E-state index in [-0.39, 0.29) is 12.5 Å². The van der Waals surface area contributed by atoms with Crippen LogP contribution in [0.2, 0.25) is 0 Å². The van der Waals surface area contributed by atoms with Gasteiger partial charge in [0.2, 0.25) is 0 Å². The lowest BCUT2D eigenvalue weighted by molar-refractivity contribution is -0.142. The summed E-state index contributed by atoms with van der Waals surface area (Å²) in [6.07, 6.45) is 0. The number of nitrogens with one attached hydrogen (secondary N) is 1. The van der Waals surface area contributed by atoms with Crippen molar-refractivity contribution in [3.8, 4) is 0 Å². The predicted octanol–water partition coefficient (Wildman–Crippen LogP) is 1.26. The van der Waals surface area contributed by atoms with Gasteiger partial charge < -0.3 is 15.3 Å². The van der Waals surface area contributed by atoms with Crippen molar-refractivity contribution in [3.05, 3.63) is 33.8 Å². The number of aliphatic carboxylic acids is 1. The highest BCUT2D eigenvalue weighted by Gasteiger charge is 2.32. The molecule has 1 aromatic carbocycles. The third-order valence-electron chi connectivity index (χ3n) is 3.08. The summed E-state index contributed by atoms with van der Waals surface area (Å²) in [4.78, 5) is 25.0. The Kier molecular flexibility index (Phi) is 4.21. The van der Waals surface area contributed by atoms with Crippen LogP contribution in [0, 0.1) is 6.92 Å². The van der Waals surface area contributed by atoms with Crippen molar-refractivity contribution >= 4 is 27.8 Å². The number of carboxylic acid groups (broad SMARTS) is 1. The Morgan fingerprint density at radius 2 is 2.16 bits per heavy atom. The van der Waals surface area contributed by atoms with E-state index in [2.05, 4.69) is 21.2 Å². The molecule has 1 aromatic rings. The first-order valence-electron chi connectivity index (χ1n) is 6.00. The lowest BCUT2D eigenvalue weighted by Gasteiger charge is -2.33. The molecule has 2 N–H and O–H groups in total. The van der Waals surface area contributed by atoms with Gasteiger partial charge in [0.05, 0.1) is 0 Å². The summed E-state index contributed by atoms with van der Waals surface area (Å²) in [5, 5.41) is 12.2. The highest BCUT2D eigenvalue weighted by Crippen LogP contribution is 2.18. The minimum absolute atomic E-state index is 0.238. The Labute approximate surface area is 119 Å². The van der Waals surface area contributed by atoms with Gasteiger partial charge in [-0.3, -0.25) is 4.79 Å². The molecule has 1 aliphatic rings. The standard InChI is InChI=1S/C13H15BrN2O3/c1-8-4-9(6-10(14)5-8)12(17)16-3-2-15-7-11(16)13(18)19/h4-6,11,15H,2-3,7H2,1H3,(H,18,19). The molecule has 1 atom stereocenters. The molecule has 1 fully saturated rings. The number of amides is 1. The first-order chi connectivity index (χ1) is 8.99. The van der Waals surface area contributed by atoms with E-state index in [1.165, 1.54) is 4.90 Å². The molecule has 1 amide bonds. The quantitative estimate of drug-likeness (QED) is 0.858. The fourth-order valence-corrected chi connectivity index (χ4v) is 2.80. The molecule has 0 bridgehead atoms. The monoisotopic (exact) mass is 326 g/mol. The fourth-order valence-electron chi connectivity index (χ4n) is 2.19. The van der Waals surface area contributed by atoms with Gasteiger partial charge >= 0.3 is 5.97 Å². The number of nitrogens with zero attached hydrogens (tertiary/aromatic N) is 1. The zero-order valence-corrected chi connectivity index (χ0v) is 12.1. The summed E-state index contributed by atoms with van der Waals surface area (Å²) in [5.41, 5.74) is 1.47. The number of benzene rings is 1. The molecule has 1 heterocycles. The zero-order valence-electron chi connectivity index (χ0n) is 10.5. The Morgan fingerprint density at radius 3 is 2.79 bits per heavy atom. The number of rotatable bonds is 2. The third-order valence-corrected chi connectivity index (χ3v) is 3.54. The lowest BCUT2D eigenvalue weighted by atomic mass is 10.1. The van der Waals surface area contributed by atoms with Crippen LogP contribution in [0.5, 0.6) is 0 Å². The molecule has 0 saturated carbocycles. The van der Waals surface area contributed by atoms with Crippen molar-refractivity contribution in [2.24, 2.45) is 0 Å². The van der Waals surface area contributed by atoms with Crippen LogP contribution < -0.4 is 5.32 Å². The van der Waals surface area contributed by atoms with E-state index in [1.54, 1.807) is 12.1 Å². The molecule has 19 heavy (non-hydrogen) atoms. The molecule has 5 nitrogen and oxygen atoms in total. The average Bonchev–Trinajstić information content (AvgIpc) is 2.36. The topological polar surface area (TPSA) is 69.6 Å². The van der Waals surface area contributed by atoms with Crippen LogP contribution >= 0.6 is 15.9 Å². The number of halogens is 1. The zero-order chi connectivity index (χ0) is 14.0. The Bertz CT molecular complexity index is 498. The minimum Gasteiger partial charge on any atom is -0.480 e. The van der Waals surface area contributed by atoms with Crippen molar-refractivity contribution in [1.82, 2.24) is 10.2 Å². The molecule has 6 heteroatoms. The van der Waals surface area contributed by atoms with E-state index in [0.29, 0.717) is 18.7 Å². The molecule has 1 aliphatic heterocycles. The van der Waals surface area contributed by atoms with E-state index >= 15 is 0 Å². The highest BCUT2D eigenvalue weighted by atomic mass is 79.9. The van der Waals surface area contributed by atoms with E-state index in [9.17, 15) is 14.7 Å². The second-order valence-corrected chi connectivity index (χ2v) is 5.49. The van der Waals surface area contributed by atoms with Crippen LogP contribution in [-0.4, -0.2) is 47.6 Å². The van der Waals surface area contributed by atoms with E-state index in [1.807, 2.05) is 13.0 Å². The average molecular weight is 327 g/mol. The molecular weight excluding hydrogens is 312 g/mol. The Hall–Kier alpha value is -1.40. The molecule has 0 aromatic heterocycles. The molecule has 0 radical (unpaired) electrons. The third kappa shape index (κ3) is 3.13. The molecule has 0 spiro atoms. The largest absolute Gasteiger partial charge is 0.480 e. The first-order valence-corrected chi connectivity index (χ1v) is 6.80. The van der Waals surface area contributed by atoms with E-state index in [0.717, 1.165) is 10.0 Å². The van der Waals surface area contributed by atoms with Gasteiger partial charge in [0, 0.05) is 29.7 Å². The maximum Gasteiger partial charge on any atom is 0.327 e. The van der Waals surface area contributed by atoms with Crippen molar-refractivity contribution in [3.63, 3.8) is 0 Å². The van der Waals surface area contributed by atoms with Gasteiger partial charge in [-0.05, 0) is 30.7 Å². The summed E-state index contributed by atoms with van der Waals surface area (Å²) >= 11 is 3.35. The minimum atomic E-state index is -0.979. The van der Waals surface area contributed by atoms with Gasteiger partial charge in [0.25, 0.3) is 5.91 Å². The van der Waals surface area contributed by atoms with Crippen LogP contribution in [0.1, 0.15) is 15.9 Å². The normalized spacial score (nSPS) is 19.3. The predicted molar refractivity (Wildman–Crippen MR) is 74.2 cm³/mol. The Morgan fingerprint density at radius 1 is 1.42 bits per heavy atom. The number of piperazine rings is 1. The van der Waals surface area contributed by atoms with Crippen molar-refractivity contribution in [1.29, 1.82) is 0 Å². The van der Waals surface area contributed by atoms with Gasteiger partial charge in [-0.15, -0.1) is 0 Å². The van der Waals surface area contributed by atoms with Crippen LogP contribution in [0.15, 0.2) is 22.7 Å². The smallest absolute Gasteiger partial charge is 0.327 e. The number of hydrogen-bond donors (Lipinski definition) is 2. The van der Waals surface area contributed by atoms with Gasteiger partial charge in [0.1, 0.15) is 6.04 Å². The van der Waals surface area contributed by atoms with E-state index < -0.39 is 12.0 Å². The summed E-state index contributed by atoms with van der Waals surface area (Å²) in [6, 6.07) is 4.59. The van der Waals surface area contributed by atoms with Crippen molar-refractivity contribution in [2.45, 2.75) is 13.0 Å². The van der Waals surface area contributed by atoms with Crippen LogP contribution in [-0.2, 0) is 4.79 Å². The number of carboxylic acids is 1. The molecule has 2 rings (SSSR count). The second-order valence-electron chi connectivity index (χ2n) is 4.57. The maximum absolute atomic E-state index is 12.4. The van der Waals surface area contributed by atoms with Gasteiger partial charge in [0.15, 0.2) is 0 Å². The summed E-state index contributed by atoms with van der Waals surface area (Å²) < 4.78 is 0.817. The first kappa shape index (κ1) is 14.0. The molecule has 102 valence electrons. The van der Waals surface area contributed by atoms with Gasteiger partial charge in [-0.1, -0.05) is 15.9 Å². The van der Waals surface area contributed by atoms with Gasteiger partial charge in [-0.25, -0.2) is 4.79 Å². The summed E-state index contributed by atoms with van der Waals surface area (Å²) in [6.45, 7) is 3.20. The molecule has 0 aliphatic carbocycles. The molecular formula is C13H15BrN2O3. The Balaban J connectivity index is 2.28. The summed E-state index contributed by atoms with van der Waals surface area (Å²) in [5.74, 6) is -1.22. The number of hydrogen-bond acceptors (Lipinski definition) is 3. The van der Waals surface area contributed by atoms with Crippen molar-refractivity contribution in [2.75, 3.05) is 19.6 Å². The molecule has 1 saturated heterocycles. The van der Waals surface area contributed by atoms with Crippen LogP contribution in [0.3, 0.4) is 0 Å². The number of carbonyl (C=O) groups excluding carboxylic acids is 1. The second kappa shape index (κ2) is 5.71. The molecule has 1 unspecified atom stereocenters. The van der Waals surface area contributed by atoms with Crippen molar-refractivity contribution < 1.29 is 14.7 Å². The van der Waals surface area contributed by atoms with E-state index in [4.69, 9.17) is 0 Å². The number of carbonyl (C=O) groups is 2. The lowest BCUT2D eigenvalue weighted by Crippen LogP contribution is -2.57.